The summed E-state index contributed by atoms with van der Waals surface area (Å²) in [5, 5.41) is 10.2. The van der Waals surface area contributed by atoms with E-state index in [0.29, 0.717) is 22.9 Å². The number of aliphatic hydroxyl groups is 1. The average Bonchev–Trinajstić information content (AvgIpc) is 3.09. The smallest absolute Gasteiger partial charge is 0.0594 e. The van der Waals surface area contributed by atoms with Crippen LogP contribution in [0.2, 0.25) is 0 Å². The van der Waals surface area contributed by atoms with Gasteiger partial charge in [-0.25, -0.2) is 0 Å². The van der Waals surface area contributed by atoms with Gasteiger partial charge in [-0.3, -0.25) is 0 Å². The molecule has 8 unspecified atom stereocenters. The second-order valence-electron chi connectivity index (χ2n) is 11.9. The first-order chi connectivity index (χ1) is 14.8. The maximum Gasteiger partial charge on any atom is 0.0594 e. The third-order valence-corrected chi connectivity index (χ3v) is 10.4. The van der Waals surface area contributed by atoms with E-state index in [1.165, 1.54) is 57.8 Å². The van der Waals surface area contributed by atoms with Crippen LogP contribution in [0.3, 0.4) is 0 Å². The first-order valence-electron chi connectivity index (χ1n) is 13.7. The molecule has 0 bridgehead atoms. The molecule has 8 atom stereocenters. The molecule has 4 aliphatic rings. The van der Waals surface area contributed by atoms with Crippen LogP contribution in [0.15, 0.2) is 11.6 Å². The predicted molar refractivity (Wildman–Crippen MR) is 132 cm³/mol. The van der Waals surface area contributed by atoms with Crippen LogP contribution in [-0.2, 0) is 4.74 Å². The summed E-state index contributed by atoms with van der Waals surface area (Å²) in [6.07, 6.45) is 17.1. The van der Waals surface area contributed by atoms with Gasteiger partial charge in [0.05, 0.1) is 12.2 Å². The summed E-state index contributed by atoms with van der Waals surface area (Å²) >= 11 is 0. The van der Waals surface area contributed by atoms with Crippen molar-refractivity contribution < 1.29 is 9.84 Å². The molecular formula is C29H52O2. The van der Waals surface area contributed by atoms with Crippen molar-refractivity contribution >= 4 is 0 Å². The van der Waals surface area contributed by atoms with E-state index in [1.54, 1.807) is 5.57 Å². The maximum atomic E-state index is 10.2. The molecule has 2 heteroatoms. The lowest BCUT2D eigenvalue weighted by Gasteiger charge is -2.58. The van der Waals surface area contributed by atoms with E-state index in [0.717, 1.165) is 36.5 Å². The molecule has 4 rings (SSSR count). The Labute approximate surface area is 193 Å². The largest absolute Gasteiger partial charge is 0.393 e. The van der Waals surface area contributed by atoms with Crippen molar-refractivity contribution in [3.05, 3.63) is 11.6 Å². The van der Waals surface area contributed by atoms with Crippen LogP contribution in [0.25, 0.3) is 0 Å². The van der Waals surface area contributed by atoms with E-state index in [4.69, 9.17) is 4.74 Å². The molecule has 3 fully saturated rings. The predicted octanol–water partition coefficient (Wildman–Crippen LogP) is 7.79. The molecular weight excluding hydrogens is 380 g/mol. The molecule has 0 heterocycles. The highest BCUT2D eigenvalue weighted by atomic mass is 16.5. The Morgan fingerprint density at radius 3 is 2.48 bits per heavy atom. The van der Waals surface area contributed by atoms with Crippen molar-refractivity contribution in [2.45, 2.75) is 124 Å². The molecule has 0 saturated heterocycles. The summed E-state index contributed by atoms with van der Waals surface area (Å²) in [5.74, 6) is 4.23. The summed E-state index contributed by atoms with van der Waals surface area (Å²) in [5.41, 5.74) is 2.55. The summed E-state index contributed by atoms with van der Waals surface area (Å²) in [4.78, 5) is 0. The molecule has 0 spiro atoms. The van der Waals surface area contributed by atoms with Crippen LogP contribution >= 0.6 is 0 Å². The molecule has 0 aromatic carbocycles. The highest BCUT2D eigenvalue weighted by Gasteiger charge is 2.58. The van der Waals surface area contributed by atoms with Gasteiger partial charge in [0.25, 0.3) is 0 Å². The second-order valence-corrected chi connectivity index (χ2v) is 11.9. The number of hydrogen-bond donors (Lipinski definition) is 1. The van der Waals surface area contributed by atoms with Gasteiger partial charge in [-0.15, -0.1) is 0 Å². The minimum Gasteiger partial charge on any atom is -0.393 e. The van der Waals surface area contributed by atoms with E-state index in [-0.39, 0.29) is 6.10 Å². The van der Waals surface area contributed by atoms with Crippen molar-refractivity contribution in [3.8, 4) is 0 Å². The average molecular weight is 433 g/mol. The SMILES string of the molecule is CC.COC(CCCC1CCC2C3CC=C4CC(O)CCC4(C)C3CCC12C)C(C)C. The standard InChI is InChI=1S/C27H46O2.C2H6/c1-18(2)25(29-5)8-6-7-19-10-12-23-22-11-9-20-17-21(28)13-15-27(20,4)24(22)14-16-26(19,23)3;1-2/h9,18-19,21-25,28H,6-8,10-17H2,1-5H3;1-2H3. The number of aliphatic hydroxyl groups excluding tert-OH is 1. The quantitative estimate of drug-likeness (QED) is 0.434. The number of allylic oxidation sites excluding steroid dienone is 1. The zero-order valence-electron chi connectivity index (χ0n) is 21.8. The van der Waals surface area contributed by atoms with Gasteiger partial charge in [0.2, 0.25) is 0 Å². The lowest BCUT2D eigenvalue weighted by Crippen LogP contribution is -2.50. The first kappa shape index (κ1) is 25.3. The third kappa shape index (κ3) is 4.68. The van der Waals surface area contributed by atoms with Crippen molar-refractivity contribution in [3.63, 3.8) is 0 Å². The molecule has 0 aliphatic heterocycles. The Balaban J connectivity index is 0.00000132. The highest BCUT2D eigenvalue weighted by Crippen LogP contribution is 2.66. The molecule has 0 amide bonds. The number of rotatable bonds is 6. The maximum absolute atomic E-state index is 10.2. The molecule has 2 nitrogen and oxygen atoms in total. The Kier molecular flexibility index (Phi) is 8.39. The Bertz CT molecular complexity index is 610. The molecule has 0 aromatic heterocycles. The van der Waals surface area contributed by atoms with Crippen molar-refractivity contribution in [1.82, 2.24) is 0 Å². The number of hydrogen-bond acceptors (Lipinski definition) is 2. The zero-order chi connectivity index (χ0) is 22.8. The Morgan fingerprint density at radius 1 is 1.06 bits per heavy atom. The lowest BCUT2D eigenvalue weighted by atomic mass is 9.47. The number of ether oxygens (including phenoxy) is 1. The molecule has 3 saturated carbocycles. The van der Waals surface area contributed by atoms with E-state index in [9.17, 15) is 5.11 Å². The molecule has 4 aliphatic carbocycles. The van der Waals surface area contributed by atoms with E-state index in [1.807, 2.05) is 21.0 Å². The van der Waals surface area contributed by atoms with Gasteiger partial charge in [-0.05, 0) is 105 Å². The lowest BCUT2D eigenvalue weighted by molar-refractivity contribution is -0.0513. The normalized spacial score (nSPS) is 42.6. The van der Waals surface area contributed by atoms with Gasteiger partial charge >= 0.3 is 0 Å². The van der Waals surface area contributed by atoms with Gasteiger partial charge in [0.15, 0.2) is 0 Å². The van der Waals surface area contributed by atoms with E-state index in [2.05, 4.69) is 33.8 Å². The first-order valence-corrected chi connectivity index (χ1v) is 13.7. The van der Waals surface area contributed by atoms with Gasteiger partial charge in [0, 0.05) is 7.11 Å². The van der Waals surface area contributed by atoms with Crippen molar-refractivity contribution in [2.24, 2.45) is 40.4 Å². The van der Waals surface area contributed by atoms with Gasteiger partial charge in [-0.1, -0.05) is 59.6 Å². The highest BCUT2D eigenvalue weighted by molar-refractivity contribution is 5.25. The second kappa shape index (κ2) is 10.3. The zero-order valence-corrected chi connectivity index (χ0v) is 21.8. The van der Waals surface area contributed by atoms with Crippen LogP contribution in [0.5, 0.6) is 0 Å². The topological polar surface area (TPSA) is 29.5 Å². The third-order valence-electron chi connectivity index (χ3n) is 10.4. The summed E-state index contributed by atoms with van der Waals surface area (Å²) in [6, 6.07) is 0. The van der Waals surface area contributed by atoms with Crippen LogP contribution < -0.4 is 0 Å². The Morgan fingerprint density at radius 2 is 1.81 bits per heavy atom. The molecule has 180 valence electrons. The van der Waals surface area contributed by atoms with Gasteiger partial charge in [-0.2, -0.15) is 0 Å². The van der Waals surface area contributed by atoms with Crippen molar-refractivity contribution in [1.29, 1.82) is 0 Å². The Hall–Kier alpha value is -0.340. The van der Waals surface area contributed by atoms with Crippen LogP contribution in [-0.4, -0.2) is 24.4 Å². The van der Waals surface area contributed by atoms with Gasteiger partial charge < -0.3 is 9.84 Å². The summed E-state index contributed by atoms with van der Waals surface area (Å²) in [7, 11) is 1.88. The van der Waals surface area contributed by atoms with E-state index >= 15 is 0 Å². The van der Waals surface area contributed by atoms with Crippen LogP contribution in [0.4, 0.5) is 0 Å². The van der Waals surface area contributed by atoms with E-state index < -0.39 is 0 Å². The van der Waals surface area contributed by atoms with Crippen LogP contribution in [0.1, 0.15) is 112 Å². The molecule has 0 radical (unpaired) electrons. The monoisotopic (exact) mass is 432 g/mol. The minimum absolute atomic E-state index is 0.0858. The number of methoxy groups -OCH3 is 1. The van der Waals surface area contributed by atoms with Crippen molar-refractivity contribution in [2.75, 3.05) is 7.11 Å². The van der Waals surface area contributed by atoms with Crippen LogP contribution in [0, 0.1) is 40.4 Å². The number of fused-ring (bicyclic) bond motifs is 5. The molecule has 1 N–H and O–H groups in total. The minimum atomic E-state index is -0.0858. The fourth-order valence-electron chi connectivity index (χ4n) is 8.51. The fourth-order valence-corrected chi connectivity index (χ4v) is 8.51. The summed E-state index contributed by atoms with van der Waals surface area (Å²) in [6.45, 7) is 13.8. The molecule has 0 aromatic rings. The summed E-state index contributed by atoms with van der Waals surface area (Å²) < 4.78 is 5.72. The molecule has 31 heavy (non-hydrogen) atoms. The fraction of sp³-hybridized carbons (Fsp3) is 0.931. The van der Waals surface area contributed by atoms with Gasteiger partial charge in [0.1, 0.15) is 0 Å².